The van der Waals surface area contributed by atoms with Gasteiger partial charge in [0.2, 0.25) is 5.91 Å². The summed E-state index contributed by atoms with van der Waals surface area (Å²) < 4.78 is 6.31. The second kappa shape index (κ2) is 6.99. The van der Waals surface area contributed by atoms with E-state index in [1.165, 1.54) is 5.56 Å². The van der Waals surface area contributed by atoms with Gasteiger partial charge < -0.3 is 4.74 Å². The zero-order chi connectivity index (χ0) is 21.1. The lowest BCUT2D eigenvalue weighted by molar-refractivity contribution is -0.127. The molecule has 5 heteroatoms. The van der Waals surface area contributed by atoms with Gasteiger partial charge in [-0.25, -0.2) is 4.99 Å². The van der Waals surface area contributed by atoms with Crippen LogP contribution in [-0.4, -0.2) is 27.8 Å². The number of ether oxygens (including phenoxy) is 1. The lowest BCUT2D eigenvalue weighted by atomic mass is 9.89. The number of amidine groups is 1. The number of aliphatic imine (C=N–C) groups is 1. The molecule has 3 heterocycles. The Kier molecular flexibility index (Phi) is 4.22. The quantitative estimate of drug-likeness (QED) is 0.500. The molecule has 0 spiro atoms. The van der Waals surface area contributed by atoms with Gasteiger partial charge in [0.25, 0.3) is 0 Å². The fourth-order valence-corrected chi connectivity index (χ4v) is 5.75. The van der Waals surface area contributed by atoms with Crippen molar-refractivity contribution in [2.45, 2.75) is 31.6 Å². The zero-order valence-corrected chi connectivity index (χ0v) is 18.3. The average molecular weight is 427 g/mol. The van der Waals surface area contributed by atoms with E-state index in [4.69, 9.17) is 9.73 Å². The minimum absolute atomic E-state index is 0.123. The van der Waals surface area contributed by atoms with E-state index in [9.17, 15) is 4.79 Å². The summed E-state index contributed by atoms with van der Waals surface area (Å²) in [6, 6.07) is 20.9. The Hall–Kier alpha value is -3.05. The summed E-state index contributed by atoms with van der Waals surface area (Å²) in [4.78, 5) is 20.1. The SMILES string of the molecule is Cc1ccc(C2C3=C(N=C4SC(C)C(=O)N42)c2ccc4ccccc4c2OCC3)cc1. The first-order valence-corrected chi connectivity index (χ1v) is 11.5. The Balaban J connectivity index is 1.61. The van der Waals surface area contributed by atoms with E-state index < -0.39 is 0 Å². The molecule has 3 aromatic carbocycles. The first-order chi connectivity index (χ1) is 15.1. The van der Waals surface area contributed by atoms with E-state index in [2.05, 4.69) is 55.5 Å². The van der Waals surface area contributed by atoms with Crippen molar-refractivity contribution in [2.75, 3.05) is 6.61 Å². The van der Waals surface area contributed by atoms with Crippen molar-refractivity contribution in [3.63, 3.8) is 0 Å². The van der Waals surface area contributed by atoms with Crippen LogP contribution in [-0.2, 0) is 4.79 Å². The number of carbonyl (C=O) groups excluding carboxylic acids is 1. The molecule has 6 rings (SSSR count). The van der Waals surface area contributed by atoms with Crippen molar-refractivity contribution >= 4 is 39.3 Å². The standard InChI is InChI=1S/C26H22N2O2S/c1-15-7-9-18(10-8-15)23-20-13-14-30-24-19-6-4-3-5-17(19)11-12-21(24)22(20)27-26-28(23)25(29)16(2)31-26/h3-12,16,23H,13-14H2,1-2H3. The monoisotopic (exact) mass is 426 g/mol. The molecule has 3 aromatic rings. The molecule has 0 N–H and O–H groups in total. The second-order valence-electron chi connectivity index (χ2n) is 8.31. The maximum absolute atomic E-state index is 13.1. The van der Waals surface area contributed by atoms with Crippen molar-refractivity contribution in [1.29, 1.82) is 0 Å². The molecular weight excluding hydrogens is 404 g/mol. The summed E-state index contributed by atoms with van der Waals surface area (Å²) in [6.07, 6.45) is 0.733. The van der Waals surface area contributed by atoms with E-state index in [1.807, 2.05) is 24.0 Å². The second-order valence-corrected chi connectivity index (χ2v) is 9.62. The number of benzene rings is 3. The lowest BCUT2D eigenvalue weighted by Gasteiger charge is -2.34. The van der Waals surface area contributed by atoms with E-state index >= 15 is 0 Å². The number of nitrogens with zero attached hydrogens (tertiary/aromatic N) is 2. The van der Waals surface area contributed by atoms with E-state index in [1.54, 1.807) is 11.8 Å². The maximum atomic E-state index is 13.1. The smallest absolute Gasteiger partial charge is 0.242 e. The molecule has 1 amide bonds. The van der Waals surface area contributed by atoms with Crippen LogP contribution >= 0.6 is 11.8 Å². The summed E-state index contributed by atoms with van der Waals surface area (Å²) in [6.45, 7) is 4.62. The minimum atomic E-state index is -0.144. The number of thioether (sulfide) groups is 1. The van der Waals surface area contributed by atoms with Gasteiger partial charge in [-0.3, -0.25) is 9.69 Å². The van der Waals surface area contributed by atoms with E-state index in [-0.39, 0.29) is 17.2 Å². The molecule has 0 aromatic heterocycles. The number of amides is 1. The van der Waals surface area contributed by atoms with Gasteiger partial charge in [-0.05, 0) is 36.4 Å². The Morgan fingerprint density at radius 3 is 2.71 bits per heavy atom. The Labute approximate surface area is 185 Å². The summed E-state index contributed by atoms with van der Waals surface area (Å²) in [7, 11) is 0. The molecule has 154 valence electrons. The fraction of sp³-hybridized carbons (Fsp3) is 0.231. The molecular formula is C26H22N2O2S. The molecule has 1 saturated heterocycles. The predicted octanol–water partition coefficient (Wildman–Crippen LogP) is 5.72. The highest BCUT2D eigenvalue weighted by Gasteiger charge is 2.45. The summed E-state index contributed by atoms with van der Waals surface area (Å²) in [5.74, 6) is 1.02. The molecule has 31 heavy (non-hydrogen) atoms. The van der Waals surface area contributed by atoms with Gasteiger partial charge in [-0.1, -0.05) is 71.9 Å². The third kappa shape index (κ3) is 2.83. The van der Waals surface area contributed by atoms with Crippen molar-refractivity contribution in [3.8, 4) is 5.75 Å². The zero-order valence-electron chi connectivity index (χ0n) is 17.5. The van der Waals surface area contributed by atoms with Crippen molar-refractivity contribution in [3.05, 3.63) is 82.9 Å². The van der Waals surface area contributed by atoms with E-state index in [0.717, 1.165) is 50.5 Å². The number of hydrogen-bond donors (Lipinski definition) is 0. The largest absolute Gasteiger partial charge is 0.492 e. The topological polar surface area (TPSA) is 41.9 Å². The van der Waals surface area contributed by atoms with Crippen LogP contribution in [0.15, 0.2) is 71.2 Å². The van der Waals surface area contributed by atoms with Gasteiger partial charge in [0.15, 0.2) is 5.17 Å². The molecule has 3 aliphatic heterocycles. The Morgan fingerprint density at radius 2 is 1.87 bits per heavy atom. The van der Waals surface area contributed by atoms with Crippen LogP contribution in [0.1, 0.15) is 36.1 Å². The molecule has 4 nitrogen and oxygen atoms in total. The van der Waals surface area contributed by atoms with Crippen LogP contribution < -0.4 is 4.74 Å². The number of rotatable bonds is 1. The predicted molar refractivity (Wildman–Crippen MR) is 126 cm³/mol. The van der Waals surface area contributed by atoms with Gasteiger partial charge in [0.05, 0.1) is 23.6 Å². The molecule has 2 unspecified atom stereocenters. The molecule has 0 bridgehead atoms. The van der Waals surface area contributed by atoms with Gasteiger partial charge >= 0.3 is 0 Å². The van der Waals surface area contributed by atoms with Crippen LogP contribution in [0.3, 0.4) is 0 Å². The Morgan fingerprint density at radius 1 is 1.06 bits per heavy atom. The number of hydrogen-bond acceptors (Lipinski definition) is 4. The van der Waals surface area contributed by atoms with Crippen molar-refractivity contribution in [2.24, 2.45) is 4.99 Å². The minimum Gasteiger partial charge on any atom is -0.492 e. The number of aryl methyl sites for hydroxylation is 1. The number of fused-ring (bicyclic) bond motifs is 5. The highest BCUT2D eigenvalue weighted by Crippen LogP contribution is 2.49. The van der Waals surface area contributed by atoms with Gasteiger partial charge in [0, 0.05) is 17.4 Å². The Bertz CT molecular complexity index is 1290. The summed E-state index contributed by atoms with van der Waals surface area (Å²) in [5, 5.41) is 2.93. The highest BCUT2D eigenvalue weighted by molar-refractivity contribution is 8.15. The van der Waals surface area contributed by atoms with Crippen LogP contribution in [0.4, 0.5) is 0 Å². The third-order valence-electron chi connectivity index (χ3n) is 6.32. The van der Waals surface area contributed by atoms with Gasteiger partial charge in [0.1, 0.15) is 5.75 Å². The van der Waals surface area contributed by atoms with E-state index in [0.29, 0.717) is 6.61 Å². The van der Waals surface area contributed by atoms with Crippen molar-refractivity contribution in [1.82, 2.24) is 4.90 Å². The average Bonchev–Trinajstić information content (AvgIpc) is 2.95. The van der Waals surface area contributed by atoms with Crippen molar-refractivity contribution < 1.29 is 9.53 Å². The van der Waals surface area contributed by atoms with Crippen LogP contribution in [0.25, 0.3) is 16.5 Å². The van der Waals surface area contributed by atoms with Crippen LogP contribution in [0.2, 0.25) is 0 Å². The highest BCUT2D eigenvalue weighted by atomic mass is 32.2. The maximum Gasteiger partial charge on any atom is 0.242 e. The van der Waals surface area contributed by atoms with Gasteiger partial charge in [-0.2, -0.15) is 0 Å². The third-order valence-corrected chi connectivity index (χ3v) is 7.37. The number of carbonyl (C=O) groups is 1. The normalized spacial score (nSPS) is 22.5. The molecule has 0 aliphatic carbocycles. The summed E-state index contributed by atoms with van der Waals surface area (Å²) >= 11 is 1.55. The molecule has 0 radical (unpaired) electrons. The molecule has 1 fully saturated rings. The van der Waals surface area contributed by atoms with Gasteiger partial charge in [-0.15, -0.1) is 0 Å². The van der Waals surface area contributed by atoms with Crippen LogP contribution in [0.5, 0.6) is 5.75 Å². The first-order valence-electron chi connectivity index (χ1n) is 10.6. The fourth-order valence-electron chi connectivity index (χ4n) is 4.76. The van der Waals surface area contributed by atoms with Crippen LogP contribution in [0, 0.1) is 6.92 Å². The molecule has 2 atom stereocenters. The summed E-state index contributed by atoms with van der Waals surface area (Å²) in [5.41, 5.74) is 5.47. The molecule has 3 aliphatic rings. The lowest BCUT2D eigenvalue weighted by Crippen LogP contribution is -2.38. The first kappa shape index (κ1) is 18.7. The molecule has 0 saturated carbocycles.